The van der Waals surface area contributed by atoms with Crippen LogP contribution in [0.5, 0.6) is 0 Å². The molecular formula is C31H50O3S. The maximum atomic E-state index is 12.4. The molecule has 7 atom stereocenters. The van der Waals surface area contributed by atoms with E-state index in [9.17, 15) is 14.7 Å². The van der Waals surface area contributed by atoms with Crippen LogP contribution in [0.4, 0.5) is 0 Å². The number of thioether (sulfide) groups is 1. The average molecular weight is 503 g/mol. The third-order valence-electron chi connectivity index (χ3n) is 11.2. The average Bonchev–Trinajstić information content (AvgIpc) is 3.04. The molecular weight excluding hydrogens is 452 g/mol. The monoisotopic (exact) mass is 502 g/mol. The summed E-state index contributed by atoms with van der Waals surface area (Å²) in [5.74, 6) is 4.01. The third kappa shape index (κ3) is 5.49. The Bertz CT molecular complexity index is 816. The first-order valence-corrected chi connectivity index (χ1v) is 15.7. The predicted octanol–water partition coefficient (Wildman–Crippen LogP) is 7.90. The minimum Gasteiger partial charge on any atom is -0.390 e. The fourth-order valence-electron chi connectivity index (χ4n) is 8.85. The molecule has 35 heavy (non-hydrogen) atoms. The van der Waals surface area contributed by atoms with E-state index in [1.807, 2.05) is 0 Å². The molecule has 0 aromatic heterocycles. The molecule has 0 aliphatic heterocycles. The van der Waals surface area contributed by atoms with Crippen LogP contribution in [0.1, 0.15) is 124 Å². The summed E-state index contributed by atoms with van der Waals surface area (Å²) in [4.78, 5) is 23.4. The maximum absolute atomic E-state index is 12.4. The van der Waals surface area contributed by atoms with Crippen molar-refractivity contribution in [2.24, 2.45) is 34.5 Å². The van der Waals surface area contributed by atoms with Crippen molar-refractivity contribution < 1.29 is 14.7 Å². The zero-order valence-electron chi connectivity index (χ0n) is 22.9. The second-order valence-electron chi connectivity index (χ2n) is 13.2. The minimum atomic E-state index is -0.532. The molecule has 4 heteroatoms. The Hall–Kier alpha value is -0.610. The number of aliphatic hydroxyl groups is 1. The summed E-state index contributed by atoms with van der Waals surface area (Å²) in [6.45, 7) is 8.64. The molecule has 1 N–H and O–H groups in total. The normalized spacial score (nSPS) is 40.6. The lowest BCUT2D eigenvalue weighted by Gasteiger charge is -2.61. The van der Waals surface area contributed by atoms with Crippen molar-refractivity contribution in [2.45, 2.75) is 130 Å². The number of fused-ring (bicyclic) bond motifs is 5. The largest absolute Gasteiger partial charge is 0.390 e. The van der Waals surface area contributed by atoms with Crippen molar-refractivity contribution in [1.29, 1.82) is 0 Å². The number of allylic oxidation sites excluding steroid dienone is 1. The Morgan fingerprint density at radius 2 is 1.63 bits per heavy atom. The number of ketones is 1. The van der Waals surface area contributed by atoms with Gasteiger partial charge >= 0.3 is 0 Å². The molecule has 0 bridgehead atoms. The summed E-state index contributed by atoms with van der Waals surface area (Å²) in [6, 6.07) is 0. The lowest BCUT2D eigenvalue weighted by atomic mass is 9.44. The number of rotatable bonds is 10. The Morgan fingerprint density at radius 1 is 0.971 bits per heavy atom. The molecule has 198 valence electrons. The summed E-state index contributed by atoms with van der Waals surface area (Å²) in [5.41, 5.74) is 1.19. The quantitative estimate of drug-likeness (QED) is 0.309. The zero-order valence-corrected chi connectivity index (χ0v) is 23.7. The van der Waals surface area contributed by atoms with Crippen LogP contribution in [0, 0.1) is 34.5 Å². The van der Waals surface area contributed by atoms with Gasteiger partial charge in [-0.3, -0.25) is 9.59 Å². The van der Waals surface area contributed by atoms with Crippen LogP contribution in [-0.4, -0.2) is 27.4 Å². The van der Waals surface area contributed by atoms with Gasteiger partial charge < -0.3 is 5.11 Å². The molecule has 0 amide bonds. The molecule has 0 spiro atoms. The molecule has 0 saturated heterocycles. The first-order valence-electron chi connectivity index (χ1n) is 14.7. The Labute approximate surface area is 218 Å². The fraction of sp³-hybridized carbons (Fsp3) is 0.871. The van der Waals surface area contributed by atoms with Gasteiger partial charge in [-0.1, -0.05) is 69.7 Å². The molecule has 0 aromatic carbocycles. The molecule has 4 aliphatic carbocycles. The predicted molar refractivity (Wildman–Crippen MR) is 146 cm³/mol. The molecule has 3 saturated carbocycles. The lowest BCUT2D eigenvalue weighted by molar-refractivity contribution is -0.135. The van der Waals surface area contributed by atoms with Gasteiger partial charge in [0.1, 0.15) is 0 Å². The SMILES string of the molecule is CC(=O)SCCCCCCCCCC1CC2=CC(=O)CC[C@]2(C)[C@@H]2CC[C@@]3(C)[C@@H](CCC3(C)O)[C@H]12. The summed E-state index contributed by atoms with van der Waals surface area (Å²) < 4.78 is 0. The number of carbonyl (C=O) groups excluding carboxylic acids is 2. The Morgan fingerprint density at radius 3 is 2.34 bits per heavy atom. The molecule has 4 rings (SSSR count). The molecule has 3 nitrogen and oxygen atoms in total. The van der Waals surface area contributed by atoms with E-state index in [4.69, 9.17) is 0 Å². The highest BCUT2D eigenvalue weighted by Crippen LogP contribution is 2.69. The third-order valence-corrected chi connectivity index (χ3v) is 12.1. The maximum Gasteiger partial charge on any atom is 0.185 e. The molecule has 0 aromatic rings. The molecule has 4 aliphatic rings. The van der Waals surface area contributed by atoms with Crippen LogP contribution < -0.4 is 0 Å². The van der Waals surface area contributed by atoms with Crippen molar-refractivity contribution in [3.63, 3.8) is 0 Å². The van der Waals surface area contributed by atoms with Gasteiger partial charge in [0.05, 0.1) is 5.60 Å². The second kappa shape index (κ2) is 11.0. The van der Waals surface area contributed by atoms with Crippen LogP contribution >= 0.6 is 11.8 Å². The van der Waals surface area contributed by atoms with E-state index in [2.05, 4.69) is 26.8 Å². The molecule has 2 unspecified atom stereocenters. The Kier molecular flexibility index (Phi) is 8.63. The summed E-state index contributed by atoms with van der Waals surface area (Å²) in [6.07, 6.45) is 19.6. The van der Waals surface area contributed by atoms with Gasteiger partial charge in [0, 0.05) is 19.1 Å². The van der Waals surface area contributed by atoms with Gasteiger partial charge in [-0.05, 0) is 98.9 Å². The van der Waals surface area contributed by atoms with Gasteiger partial charge in [0.15, 0.2) is 10.9 Å². The summed E-state index contributed by atoms with van der Waals surface area (Å²) in [7, 11) is 0. The van der Waals surface area contributed by atoms with Gasteiger partial charge in [-0.15, -0.1) is 0 Å². The zero-order chi connectivity index (χ0) is 25.3. The van der Waals surface area contributed by atoms with Gasteiger partial charge in [0.2, 0.25) is 0 Å². The van der Waals surface area contributed by atoms with E-state index in [0.717, 1.165) is 44.3 Å². The highest BCUT2D eigenvalue weighted by atomic mass is 32.2. The number of hydrogen-bond acceptors (Lipinski definition) is 4. The smallest absolute Gasteiger partial charge is 0.185 e. The Balaban J connectivity index is 1.36. The fourth-order valence-corrected chi connectivity index (χ4v) is 9.49. The van der Waals surface area contributed by atoms with Gasteiger partial charge in [-0.25, -0.2) is 0 Å². The van der Waals surface area contributed by atoms with Crippen molar-refractivity contribution in [1.82, 2.24) is 0 Å². The highest BCUT2D eigenvalue weighted by molar-refractivity contribution is 8.13. The van der Waals surface area contributed by atoms with Crippen molar-refractivity contribution in [3.8, 4) is 0 Å². The van der Waals surface area contributed by atoms with Crippen LogP contribution in [0.3, 0.4) is 0 Å². The van der Waals surface area contributed by atoms with Crippen molar-refractivity contribution in [3.05, 3.63) is 11.6 Å². The molecule has 0 heterocycles. The summed E-state index contributed by atoms with van der Waals surface area (Å²) >= 11 is 1.46. The van der Waals surface area contributed by atoms with Crippen molar-refractivity contribution >= 4 is 22.7 Å². The number of unbranched alkanes of at least 4 members (excludes halogenated alkanes) is 6. The minimum absolute atomic E-state index is 0.0507. The van der Waals surface area contributed by atoms with E-state index in [1.165, 1.54) is 75.1 Å². The molecule has 3 fully saturated rings. The van der Waals surface area contributed by atoms with E-state index in [0.29, 0.717) is 29.5 Å². The second-order valence-corrected chi connectivity index (χ2v) is 14.5. The van der Waals surface area contributed by atoms with Gasteiger partial charge in [0.25, 0.3) is 0 Å². The topological polar surface area (TPSA) is 54.4 Å². The molecule has 0 radical (unpaired) electrons. The first-order chi connectivity index (χ1) is 16.6. The first kappa shape index (κ1) is 27.4. The van der Waals surface area contributed by atoms with Gasteiger partial charge in [-0.2, -0.15) is 0 Å². The summed E-state index contributed by atoms with van der Waals surface area (Å²) in [5, 5.41) is 11.6. The van der Waals surface area contributed by atoms with E-state index in [-0.39, 0.29) is 15.9 Å². The highest BCUT2D eigenvalue weighted by Gasteiger charge is 2.64. The number of carbonyl (C=O) groups is 2. The van der Waals surface area contributed by atoms with Crippen molar-refractivity contribution in [2.75, 3.05) is 5.75 Å². The van der Waals surface area contributed by atoms with E-state index >= 15 is 0 Å². The van der Waals surface area contributed by atoms with Crippen LogP contribution in [0.2, 0.25) is 0 Å². The van der Waals surface area contributed by atoms with E-state index < -0.39 is 5.60 Å². The van der Waals surface area contributed by atoms with Crippen LogP contribution in [0.15, 0.2) is 11.6 Å². The van der Waals surface area contributed by atoms with Crippen LogP contribution in [0.25, 0.3) is 0 Å². The number of hydrogen-bond donors (Lipinski definition) is 1. The van der Waals surface area contributed by atoms with Crippen LogP contribution in [-0.2, 0) is 9.59 Å². The standard InChI is InChI=1S/C31H50O3S/c1-22(32)35-19-11-9-7-5-6-8-10-12-23-20-24-21-25(33)13-16-29(24,2)26-14-17-30(3)27(28(23)26)15-18-31(30,4)34/h21,23,26-28,34H,5-20H2,1-4H3/t23?,26-,27+,28-,29+,30+,31?/m1/s1. The van der Waals surface area contributed by atoms with E-state index in [1.54, 1.807) is 6.92 Å². The lowest BCUT2D eigenvalue weighted by Crippen LogP contribution is -2.56.